The Hall–Kier alpha value is -0.460. The molecule has 7 nitrogen and oxygen atoms in total. The molecule has 0 aliphatic heterocycles. The maximum atomic E-state index is 12.0. The van der Waals surface area contributed by atoms with Gasteiger partial charge in [0, 0.05) is 25.0 Å². The van der Waals surface area contributed by atoms with E-state index in [0.29, 0.717) is 44.0 Å². The van der Waals surface area contributed by atoms with Gasteiger partial charge in [-0.05, 0) is 31.6 Å². The number of rotatable bonds is 10. The summed E-state index contributed by atoms with van der Waals surface area (Å²) in [5.74, 6) is 1.58. The maximum absolute atomic E-state index is 12.0. The molecule has 1 aromatic heterocycles. The van der Waals surface area contributed by atoms with E-state index >= 15 is 0 Å². The van der Waals surface area contributed by atoms with E-state index in [1.54, 1.807) is 11.3 Å². The van der Waals surface area contributed by atoms with E-state index in [0.717, 1.165) is 23.5 Å². The van der Waals surface area contributed by atoms with Crippen LogP contribution in [0.1, 0.15) is 56.7 Å². The third kappa shape index (κ3) is 9.05. The monoisotopic (exact) mass is 529 g/mol. The molecule has 2 rings (SSSR count). The summed E-state index contributed by atoms with van der Waals surface area (Å²) < 4.78 is 26.8. The molecule has 1 saturated carbocycles. The first-order valence-electron chi connectivity index (χ1n) is 9.33. The molecule has 27 heavy (non-hydrogen) atoms. The Labute approximate surface area is 184 Å². The highest BCUT2D eigenvalue weighted by Crippen LogP contribution is 2.25. The van der Waals surface area contributed by atoms with Gasteiger partial charge in [-0.3, -0.25) is 0 Å². The number of halogens is 1. The summed E-state index contributed by atoms with van der Waals surface area (Å²) in [5, 5.41) is 9.25. The lowest BCUT2D eigenvalue weighted by Gasteiger charge is -2.25. The zero-order valence-electron chi connectivity index (χ0n) is 16.3. The molecular weight excluding hydrogens is 497 g/mol. The molecule has 1 heterocycles. The fraction of sp³-hybridized carbons (Fsp3) is 0.765. The largest absolute Gasteiger partial charge is 0.357 e. The van der Waals surface area contributed by atoms with E-state index in [4.69, 9.17) is 0 Å². The number of nitrogens with zero attached hydrogens (tertiary/aromatic N) is 2. The lowest BCUT2D eigenvalue weighted by atomic mass is 9.86. The maximum Gasteiger partial charge on any atom is 0.213 e. The van der Waals surface area contributed by atoms with Crippen LogP contribution in [0.2, 0.25) is 0 Å². The number of hydrogen-bond donors (Lipinski definition) is 3. The third-order valence-corrected chi connectivity index (χ3v) is 6.56. The Morgan fingerprint density at radius 3 is 2.67 bits per heavy atom. The molecule has 0 bridgehead atoms. The summed E-state index contributed by atoms with van der Waals surface area (Å²) in [7, 11) is -3.24. The summed E-state index contributed by atoms with van der Waals surface area (Å²) in [5.41, 5.74) is 1.08. The van der Waals surface area contributed by atoms with Gasteiger partial charge in [0.1, 0.15) is 5.01 Å². The van der Waals surface area contributed by atoms with Gasteiger partial charge in [0.2, 0.25) is 10.0 Å². The number of hydrogen-bond acceptors (Lipinski definition) is 5. The molecule has 1 aliphatic carbocycles. The van der Waals surface area contributed by atoms with Crippen LogP contribution in [0.15, 0.2) is 10.4 Å². The molecule has 0 radical (unpaired) electrons. The molecule has 0 spiro atoms. The van der Waals surface area contributed by atoms with Gasteiger partial charge in [0.15, 0.2) is 5.96 Å². The molecule has 0 unspecified atom stereocenters. The van der Waals surface area contributed by atoms with Crippen molar-refractivity contribution in [2.24, 2.45) is 10.9 Å². The van der Waals surface area contributed by atoms with Crippen molar-refractivity contribution >= 4 is 51.3 Å². The summed E-state index contributed by atoms with van der Waals surface area (Å²) in [6, 6.07) is 0. The van der Waals surface area contributed by atoms with Crippen molar-refractivity contribution in [3.05, 3.63) is 16.1 Å². The van der Waals surface area contributed by atoms with Crippen LogP contribution >= 0.6 is 35.3 Å². The van der Waals surface area contributed by atoms with Gasteiger partial charge < -0.3 is 10.6 Å². The zero-order chi connectivity index (χ0) is 19.0. The van der Waals surface area contributed by atoms with E-state index < -0.39 is 10.0 Å². The van der Waals surface area contributed by atoms with Gasteiger partial charge in [-0.25, -0.2) is 23.1 Å². The highest BCUT2D eigenvalue weighted by Gasteiger charge is 2.20. The van der Waals surface area contributed by atoms with Crippen LogP contribution in [0.3, 0.4) is 0 Å². The Morgan fingerprint density at radius 2 is 2.11 bits per heavy atom. The van der Waals surface area contributed by atoms with Crippen molar-refractivity contribution in [1.82, 2.24) is 20.3 Å². The minimum Gasteiger partial charge on any atom is -0.357 e. The lowest BCUT2D eigenvalue weighted by Crippen LogP contribution is -2.42. The minimum absolute atomic E-state index is 0. The molecule has 1 aromatic rings. The summed E-state index contributed by atoms with van der Waals surface area (Å²) >= 11 is 1.60. The number of guanidine groups is 1. The van der Waals surface area contributed by atoms with Gasteiger partial charge in [0.05, 0.1) is 18.0 Å². The van der Waals surface area contributed by atoms with Crippen molar-refractivity contribution < 1.29 is 8.42 Å². The normalized spacial score (nSPS) is 15.3. The second-order valence-electron chi connectivity index (χ2n) is 6.91. The van der Waals surface area contributed by atoms with Gasteiger partial charge >= 0.3 is 0 Å². The van der Waals surface area contributed by atoms with E-state index in [-0.39, 0.29) is 29.7 Å². The minimum atomic E-state index is -3.24. The molecule has 1 fully saturated rings. The highest BCUT2D eigenvalue weighted by molar-refractivity contribution is 14.0. The van der Waals surface area contributed by atoms with Gasteiger partial charge in [-0.1, -0.05) is 20.3 Å². The Balaban J connectivity index is 0.00000364. The molecule has 1 aliphatic rings. The van der Waals surface area contributed by atoms with Crippen LogP contribution in [0.25, 0.3) is 0 Å². The van der Waals surface area contributed by atoms with Crippen LogP contribution < -0.4 is 15.4 Å². The molecule has 0 atom stereocenters. The number of aliphatic imine (C=N–C) groups is 1. The summed E-state index contributed by atoms with van der Waals surface area (Å²) in [4.78, 5) is 9.07. The summed E-state index contributed by atoms with van der Waals surface area (Å²) in [6.07, 6.45) is 3.48. The van der Waals surface area contributed by atoms with E-state index in [1.165, 1.54) is 6.42 Å². The van der Waals surface area contributed by atoms with Crippen LogP contribution in [0.5, 0.6) is 0 Å². The SMILES string of the molecule is CCNC(=NCc1nc(C(C)C)cs1)NCCS(=O)(=O)NCC1CCC1.I. The molecule has 10 heteroatoms. The first-order valence-corrected chi connectivity index (χ1v) is 11.9. The van der Waals surface area contributed by atoms with Crippen LogP contribution in [-0.2, 0) is 16.6 Å². The van der Waals surface area contributed by atoms with Crippen LogP contribution in [0.4, 0.5) is 0 Å². The molecule has 0 saturated heterocycles. The second-order valence-corrected chi connectivity index (χ2v) is 9.78. The smallest absolute Gasteiger partial charge is 0.213 e. The van der Waals surface area contributed by atoms with Crippen molar-refractivity contribution in [2.45, 2.75) is 52.5 Å². The Kier molecular flexibility index (Phi) is 11.1. The topological polar surface area (TPSA) is 95.5 Å². The van der Waals surface area contributed by atoms with Crippen molar-refractivity contribution in [3.8, 4) is 0 Å². The molecule has 156 valence electrons. The average molecular weight is 530 g/mol. The van der Waals surface area contributed by atoms with Crippen molar-refractivity contribution in [1.29, 1.82) is 0 Å². The highest BCUT2D eigenvalue weighted by atomic mass is 127. The van der Waals surface area contributed by atoms with Crippen molar-refractivity contribution in [3.63, 3.8) is 0 Å². The number of aromatic nitrogens is 1. The lowest BCUT2D eigenvalue weighted by molar-refractivity contribution is 0.316. The zero-order valence-corrected chi connectivity index (χ0v) is 20.3. The predicted molar refractivity (Wildman–Crippen MR) is 124 cm³/mol. The molecule has 3 N–H and O–H groups in total. The molecule has 0 aromatic carbocycles. The quantitative estimate of drug-likeness (QED) is 0.246. The fourth-order valence-corrected chi connectivity index (χ4v) is 4.35. The van der Waals surface area contributed by atoms with Crippen molar-refractivity contribution in [2.75, 3.05) is 25.4 Å². The van der Waals surface area contributed by atoms with Gasteiger partial charge in [-0.2, -0.15) is 0 Å². The van der Waals surface area contributed by atoms with E-state index in [1.807, 2.05) is 6.92 Å². The van der Waals surface area contributed by atoms with Crippen LogP contribution in [-0.4, -0.2) is 44.7 Å². The first kappa shape index (κ1) is 24.6. The molecule has 0 amide bonds. The summed E-state index contributed by atoms with van der Waals surface area (Å²) in [6.45, 7) is 8.31. The van der Waals surface area contributed by atoms with E-state index in [2.05, 4.69) is 44.6 Å². The van der Waals surface area contributed by atoms with Gasteiger partial charge in [0.25, 0.3) is 0 Å². The predicted octanol–water partition coefficient (Wildman–Crippen LogP) is 2.66. The van der Waals surface area contributed by atoms with Crippen LogP contribution in [0, 0.1) is 5.92 Å². The molecular formula is C17H32IN5O2S2. The number of nitrogens with one attached hydrogen (secondary N) is 3. The Morgan fingerprint density at radius 1 is 1.37 bits per heavy atom. The Bertz CT molecular complexity index is 687. The first-order chi connectivity index (χ1) is 12.4. The third-order valence-electron chi connectivity index (χ3n) is 4.36. The number of thiazole rings is 1. The standard InChI is InChI=1S/C17H31N5O2S2.HI/c1-4-18-17(20-11-16-22-15(12-25-16)13(2)3)19-8-9-26(23,24)21-10-14-6-5-7-14;/h12-14,21H,4-11H2,1-3H3,(H2,18,19,20);1H. The second kappa shape index (κ2) is 12.2. The van der Waals surface area contributed by atoms with E-state index in [9.17, 15) is 8.42 Å². The fourth-order valence-electron chi connectivity index (χ4n) is 2.47. The average Bonchev–Trinajstić information content (AvgIpc) is 3.00. The van der Waals surface area contributed by atoms with Gasteiger partial charge in [-0.15, -0.1) is 35.3 Å². The number of sulfonamides is 1.